The number of aromatic amines is 1. The van der Waals surface area contributed by atoms with Gasteiger partial charge < -0.3 is 0 Å². The second-order valence-electron chi connectivity index (χ2n) is 4.70. The van der Waals surface area contributed by atoms with Crippen LogP contribution in [0.3, 0.4) is 0 Å². The Morgan fingerprint density at radius 1 is 1.38 bits per heavy atom. The van der Waals surface area contributed by atoms with Crippen molar-refractivity contribution in [2.24, 2.45) is 0 Å². The molecule has 0 aliphatic heterocycles. The van der Waals surface area contributed by atoms with Gasteiger partial charge in [0, 0.05) is 29.1 Å². The highest BCUT2D eigenvalue weighted by Crippen LogP contribution is 2.09. The van der Waals surface area contributed by atoms with E-state index in [1.807, 2.05) is 18.8 Å². The van der Waals surface area contributed by atoms with E-state index in [2.05, 4.69) is 5.10 Å². The molecule has 2 aromatic heterocycles. The van der Waals surface area contributed by atoms with E-state index in [-0.39, 0.29) is 12.6 Å². The molecule has 10 heteroatoms. The van der Waals surface area contributed by atoms with Crippen molar-refractivity contribution >= 4 is 19.7 Å². The van der Waals surface area contributed by atoms with E-state index in [1.54, 1.807) is 16.9 Å². The van der Waals surface area contributed by atoms with Crippen LogP contribution < -0.4 is 11.2 Å². The summed E-state index contributed by atoms with van der Waals surface area (Å²) in [5, 5.41) is 4.24. The lowest BCUT2D eigenvalue weighted by Crippen LogP contribution is -2.32. The number of rotatable bonds is 4. The minimum atomic E-state index is -4.23. The zero-order valence-electron chi connectivity index (χ0n) is 11.3. The SMILES string of the molecule is CC(C)n1ccc(Cn2cc(S(=O)(=O)Cl)c(=O)[nH]c2=O)n1. The molecule has 21 heavy (non-hydrogen) atoms. The third kappa shape index (κ3) is 3.42. The third-order valence-electron chi connectivity index (χ3n) is 2.77. The van der Waals surface area contributed by atoms with Crippen molar-refractivity contribution < 1.29 is 8.42 Å². The fraction of sp³-hybridized carbons (Fsp3) is 0.364. The fourth-order valence-corrected chi connectivity index (χ4v) is 2.56. The first-order valence-electron chi connectivity index (χ1n) is 6.01. The summed E-state index contributed by atoms with van der Waals surface area (Å²) in [5.41, 5.74) is -1.22. The highest BCUT2D eigenvalue weighted by atomic mass is 35.7. The fourth-order valence-electron chi connectivity index (χ4n) is 1.70. The summed E-state index contributed by atoms with van der Waals surface area (Å²) in [4.78, 5) is 24.4. The topological polar surface area (TPSA) is 107 Å². The van der Waals surface area contributed by atoms with Crippen LogP contribution in [-0.2, 0) is 15.6 Å². The lowest BCUT2D eigenvalue weighted by atomic mass is 10.4. The summed E-state index contributed by atoms with van der Waals surface area (Å²) >= 11 is 0. The number of H-pyrrole nitrogens is 1. The van der Waals surface area contributed by atoms with Gasteiger partial charge in [-0.1, -0.05) is 0 Å². The minimum absolute atomic E-state index is 0.0226. The number of aromatic nitrogens is 4. The lowest BCUT2D eigenvalue weighted by molar-refractivity contribution is 0.522. The van der Waals surface area contributed by atoms with Gasteiger partial charge in [-0.25, -0.2) is 13.2 Å². The molecule has 2 heterocycles. The normalized spacial score (nSPS) is 12.0. The molecule has 0 saturated carbocycles. The molecule has 0 aromatic carbocycles. The molecule has 0 unspecified atom stereocenters. The average Bonchev–Trinajstić information content (AvgIpc) is 2.79. The van der Waals surface area contributed by atoms with Crippen molar-refractivity contribution in [2.45, 2.75) is 31.3 Å². The molecular weight excluding hydrogens is 320 g/mol. The molecule has 0 fully saturated rings. The average molecular weight is 333 g/mol. The van der Waals surface area contributed by atoms with Gasteiger partial charge in [0.25, 0.3) is 14.6 Å². The third-order valence-corrected chi connectivity index (χ3v) is 4.08. The van der Waals surface area contributed by atoms with Crippen molar-refractivity contribution in [2.75, 3.05) is 0 Å². The molecule has 0 aliphatic carbocycles. The maximum absolute atomic E-state index is 11.7. The molecule has 2 rings (SSSR count). The number of nitrogens with one attached hydrogen (secondary N) is 1. The highest BCUT2D eigenvalue weighted by molar-refractivity contribution is 8.13. The first kappa shape index (κ1) is 15.5. The highest BCUT2D eigenvalue weighted by Gasteiger charge is 2.17. The van der Waals surface area contributed by atoms with E-state index >= 15 is 0 Å². The van der Waals surface area contributed by atoms with Gasteiger partial charge in [0.15, 0.2) is 4.90 Å². The van der Waals surface area contributed by atoms with Gasteiger partial charge in [-0.15, -0.1) is 0 Å². The lowest BCUT2D eigenvalue weighted by Gasteiger charge is -2.06. The molecule has 2 aromatic rings. The summed E-state index contributed by atoms with van der Waals surface area (Å²) in [6.07, 6.45) is 2.66. The number of halogens is 1. The van der Waals surface area contributed by atoms with Crippen LogP contribution in [0.4, 0.5) is 0 Å². The van der Waals surface area contributed by atoms with Crippen molar-refractivity contribution in [1.29, 1.82) is 0 Å². The van der Waals surface area contributed by atoms with E-state index in [1.165, 1.54) is 0 Å². The van der Waals surface area contributed by atoms with Crippen LogP contribution in [0.25, 0.3) is 0 Å². The van der Waals surface area contributed by atoms with E-state index in [9.17, 15) is 18.0 Å². The van der Waals surface area contributed by atoms with Gasteiger partial charge in [-0.3, -0.25) is 19.0 Å². The molecule has 0 aliphatic rings. The molecule has 1 N–H and O–H groups in total. The molecule has 0 saturated heterocycles. The zero-order valence-corrected chi connectivity index (χ0v) is 12.8. The Labute approximate surface area is 124 Å². The molecule has 0 amide bonds. The van der Waals surface area contributed by atoms with Crippen molar-refractivity contribution in [1.82, 2.24) is 19.3 Å². The predicted molar refractivity (Wildman–Crippen MR) is 76.1 cm³/mol. The molecule has 8 nitrogen and oxygen atoms in total. The first-order valence-corrected chi connectivity index (χ1v) is 8.32. The number of nitrogens with zero attached hydrogens (tertiary/aromatic N) is 3. The monoisotopic (exact) mass is 332 g/mol. The second kappa shape index (κ2) is 5.49. The van der Waals surface area contributed by atoms with Gasteiger partial charge >= 0.3 is 5.69 Å². The maximum atomic E-state index is 11.7. The van der Waals surface area contributed by atoms with Crippen LogP contribution in [0.2, 0.25) is 0 Å². The smallest absolute Gasteiger partial charge is 0.293 e. The van der Waals surface area contributed by atoms with Crippen LogP contribution in [0.1, 0.15) is 25.6 Å². The number of hydrogen-bond acceptors (Lipinski definition) is 5. The second-order valence-corrected chi connectivity index (χ2v) is 7.23. The molecule has 0 bridgehead atoms. The van der Waals surface area contributed by atoms with Crippen LogP contribution >= 0.6 is 10.7 Å². The van der Waals surface area contributed by atoms with E-state index in [0.29, 0.717) is 5.69 Å². The molecular formula is C11H13ClN4O4S. The van der Waals surface area contributed by atoms with Crippen molar-refractivity contribution in [3.8, 4) is 0 Å². The molecule has 0 atom stereocenters. The van der Waals surface area contributed by atoms with E-state index < -0.39 is 25.2 Å². The maximum Gasteiger partial charge on any atom is 0.328 e. The predicted octanol–water partition coefficient (Wildman–Crippen LogP) is 0.290. The summed E-state index contributed by atoms with van der Waals surface area (Å²) in [5.74, 6) is 0. The first-order chi connectivity index (χ1) is 9.68. The minimum Gasteiger partial charge on any atom is -0.293 e. The van der Waals surface area contributed by atoms with Crippen LogP contribution in [0, 0.1) is 0 Å². The van der Waals surface area contributed by atoms with E-state index in [0.717, 1.165) is 10.8 Å². The Morgan fingerprint density at radius 2 is 2.05 bits per heavy atom. The van der Waals surface area contributed by atoms with Gasteiger partial charge in [-0.05, 0) is 19.9 Å². The Bertz CT molecular complexity index is 878. The van der Waals surface area contributed by atoms with E-state index in [4.69, 9.17) is 10.7 Å². The van der Waals surface area contributed by atoms with Gasteiger partial charge in [-0.2, -0.15) is 5.10 Å². The summed E-state index contributed by atoms with van der Waals surface area (Å²) in [6, 6.07) is 1.86. The standard InChI is InChI=1S/C11H13ClN4O4S/c1-7(2)16-4-3-8(14-16)5-15-6-9(21(12,19)20)10(17)13-11(15)18/h3-4,6-7H,5H2,1-2H3,(H,13,17,18). The number of hydrogen-bond donors (Lipinski definition) is 1. The molecule has 114 valence electrons. The van der Waals surface area contributed by atoms with Crippen LogP contribution in [0.5, 0.6) is 0 Å². The zero-order chi connectivity index (χ0) is 15.8. The quantitative estimate of drug-likeness (QED) is 0.810. The summed E-state index contributed by atoms with van der Waals surface area (Å²) < 4.78 is 25.3. The molecule has 0 radical (unpaired) electrons. The van der Waals surface area contributed by atoms with Crippen LogP contribution in [0.15, 0.2) is 32.9 Å². The molecule has 0 spiro atoms. The Kier molecular flexibility index (Phi) is 4.06. The Hall–Kier alpha value is -1.87. The Morgan fingerprint density at radius 3 is 2.57 bits per heavy atom. The summed E-state index contributed by atoms with van der Waals surface area (Å²) in [7, 11) is 0.924. The summed E-state index contributed by atoms with van der Waals surface area (Å²) in [6.45, 7) is 3.91. The van der Waals surface area contributed by atoms with Gasteiger partial charge in [0.2, 0.25) is 0 Å². The van der Waals surface area contributed by atoms with Crippen LogP contribution in [-0.4, -0.2) is 27.7 Å². The van der Waals surface area contributed by atoms with Crippen molar-refractivity contribution in [3.05, 3.63) is 45.0 Å². The van der Waals surface area contributed by atoms with Gasteiger partial charge in [0.05, 0.1) is 12.2 Å². The largest absolute Gasteiger partial charge is 0.328 e. The Balaban J connectivity index is 2.44. The van der Waals surface area contributed by atoms with Gasteiger partial charge in [0.1, 0.15) is 0 Å². The van der Waals surface area contributed by atoms with Crippen molar-refractivity contribution in [3.63, 3.8) is 0 Å².